The third-order valence-electron chi connectivity index (χ3n) is 3.85. The van der Waals surface area contributed by atoms with Gasteiger partial charge in [-0.2, -0.15) is 54.3 Å². The fraction of sp³-hybridized carbons (Fsp3) is 0.250. The van der Waals surface area contributed by atoms with Crippen molar-refractivity contribution in [3.63, 3.8) is 0 Å². The topological polar surface area (TPSA) is 41.6 Å². The van der Waals surface area contributed by atoms with Crippen molar-refractivity contribution >= 4 is 28.8 Å². The summed E-state index contributed by atoms with van der Waals surface area (Å²) in [6.07, 6.45) is -11.2. The Morgan fingerprint density at radius 2 is 1.45 bits per heavy atom. The van der Waals surface area contributed by atoms with Crippen molar-refractivity contribution in [2.45, 2.75) is 24.2 Å². The quantitative estimate of drug-likeness (QED) is 0.428. The zero-order valence-electron chi connectivity index (χ0n) is 14.3. The first-order chi connectivity index (χ1) is 13.9. The number of nitrogens with zero attached hydrogens (tertiary/aromatic N) is 3. The Morgan fingerprint density at radius 1 is 0.968 bits per heavy atom. The Balaban J connectivity index is 2.65. The molecule has 2 rings (SSSR count). The molecule has 0 aliphatic carbocycles. The van der Waals surface area contributed by atoms with E-state index in [1.165, 1.54) is 6.07 Å². The highest BCUT2D eigenvalue weighted by Gasteiger charge is 2.74. The van der Waals surface area contributed by atoms with Crippen molar-refractivity contribution in [1.29, 1.82) is 5.26 Å². The standard InChI is InChI=1S/C16H5Cl2F10N3/c1-6(13(19,20)15(24,25)16(26,27)28)8-5-31(30-11(8)4-29)12-9(17)2-7(3-10(12)18)14(21,22)23/h2-3,5H,1H2. The van der Waals surface area contributed by atoms with E-state index in [0.29, 0.717) is 23.0 Å². The van der Waals surface area contributed by atoms with E-state index in [2.05, 4.69) is 11.7 Å². The fourth-order valence-corrected chi connectivity index (χ4v) is 2.94. The largest absolute Gasteiger partial charge is 0.460 e. The summed E-state index contributed by atoms with van der Waals surface area (Å²) in [5.41, 5.74) is -6.33. The van der Waals surface area contributed by atoms with Gasteiger partial charge in [-0.05, 0) is 12.1 Å². The minimum Gasteiger partial charge on any atom is -0.236 e. The predicted octanol–water partition coefficient (Wildman–Crippen LogP) is 6.92. The summed E-state index contributed by atoms with van der Waals surface area (Å²) < 4.78 is 131. The summed E-state index contributed by atoms with van der Waals surface area (Å²) in [4.78, 5) is 0. The van der Waals surface area contributed by atoms with Crippen molar-refractivity contribution in [1.82, 2.24) is 9.78 Å². The summed E-state index contributed by atoms with van der Waals surface area (Å²) in [5, 5.41) is 10.9. The Hall–Kier alpha value is -2.46. The van der Waals surface area contributed by atoms with Gasteiger partial charge in [-0.1, -0.05) is 29.8 Å². The van der Waals surface area contributed by atoms with Gasteiger partial charge in [0.15, 0.2) is 5.69 Å². The second-order valence-electron chi connectivity index (χ2n) is 5.86. The van der Waals surface area contributed by atoms with Gasteiger partial charge in [-0.25, -0.2) is 4.68 Å². The van der Waals surface area contributed by atoms with Crippen LogP contribution in [0, 0.1) is 11.3 Å². The lowest BCUT2D eigenvalue weighted by atomic mass is 9.97. The van der Waals surface area contributed by atoms with Crippen LogP contribution in [0.5, 0.6) is 0 Å². The van der Waals surface area contributed by atoms with Gasteiger partial charge in [0.05, 0.1) is 15.6 Å². The van der Waals surface area contributed by atoms with Crippen LogP contribution in [0.15, 0.2) is 24.9 Å². The molecule has 0 atom stereocenters. The maximum Gasteiger partial charge on any atom is 0.460 e. The fourth-order valence-electron chi connectivity index (χ4n) is 2.28. The molecule has 0 saturated carbocycles. The lowest BCUT2D eigenvalue weighted by Gasteiger charge is -2.29. The van der Waals surface area contributed by atoms with Crippen LogP contribution >= 0.6 is 23.2 Å². The number of halogens is 12. The van der Waals surface area contributed by atoms with Crippen LogP contribution in [-0.2, 0) is 6.18 Å². The number of hydrogen-bond donors (Lipinski definition) is 0. The van der Waals surface area contributed by atoms with E-state index in [4.69, 9.17) is 28.5 Å². The van der Waals surface area contributed by atoms with Crippen LogP contribution in [0.4, 0.5) is 43.9 Å². The molecule has 2 aromatic rings. The van der Waals surface area contributed by atoms with E-state index in [-0.39, 0.29) is 0 Å². The van der Waals surface area contributed by atoms with E-state index in [1.807, 2.05) is 0 Å². The molecule has 0 N–H and O–H groups in total. The highest BCUT2D eigenvalue weighted by Crippen LogP contribution is 2.52. The molecular weight excluding hydrogens is 495 g/mol. The van der Waals surface area contributed by atoms with Gasteiger partial charge in [0.25, 0.3) is 0 Å². The SMILES string of the molecule is C=C(c1cn(-c2c(Cl)cc(C(F)(F)F)cc2Cl)nc1C#N)C(F)(F)C(F)(F)C(F)(F)F. The summed E-state index contributed by atoms with van der Waals surface area (Å²) >= 11 is 11.4. The maximum absolute atomic E-state index is 14.0. The van der Waals surface area contributed by atoms with Gasteiger partial charge in [0.1, 0.15) is 11.8 Å². The molecule has 1 heterocycles. The van der Waals surface area contributed by atoms with Crippen LogP contribution in [0.3, 0.4) is 0 Å². The van der Waals surface area contributed by atoms with Crippen LogP contribution < -0.4 is 0 Å². The second-order valence-corrected chi connectivity index (χ2v) is 6.67. The number of nitriles is 1. The van der Waals surface area contributed by atoms with Crippen molar-refractivity contribution in [3.8, 4) is 11.8 Å². The molecule has 168 valence electrons. The highest BCUT2D eigenvalue weighted by atomic mass is 35.5. The lowest BCUT2D eigenvalue weighted by molar-refractivity contribution is -0.338. The van der Waals surface area contributed by atoms with Crippen LogP contribution in [0.1, 0.15) is 16.8 Å². The molecule has 0 unspecified atom stereocenters. The van der Waals surface area contributed by atoms with Crippen molar-refractivity contribution < 1.29 is 43.9 Å². The first-order valence-electron chi connectivity index (χ1n) is 7.44. The number of aromatic nitrogens is 2. The predicted molar refractivity (Wildman–Crippen MR) is 88.3 cm³/mol. The molecule has 0 radical (unpaired) electrons. The molecule has 0 saturated heterocycles. The van der Waals surface area contributed by atoms with Crippen LogP contribution in [0.25, 0.3) is 11.3 Å². The van der Waals surface area contributed by atoms with E-state index in [0.717, 1.165) is 0 Å². The van der Waals surface area contributed by atoms with Crippen molar-refractivity contribution in [2.24, 2.45) is 0 Å². The Labute approximate surface area is 176 Å². The van der Waals surface area contributed by atoms with Crippen molar-refractivity contribution in [2.75, 3.05) is 0 Å². The molecule has 1 aromatic carbocycles. The number of alkyl halides is 10. The summed E-state index contributed by atoms with van der Waals surface area (Å²) in [6, 6.07) is 1.93. The molecule has 0 spiro atoms. The maximum atomic E-state index is 14.0. The van der Waals surface area contributed by atoms with E-state index in [1.54, 1.807) is 0 Å². The Kier molecular flexibility index (Phi) is 6.08. The number of rotatable bonds is 4. The zero-order valence-corrected chi connectivity index (χ0v) is 15.8. The summed E-state index contributed by atoms with van der Waals surface area (Å²) in [7, 11) is 0. The lowest BCUT2D eigenvalue weighted by Crippen LogP contribution is -2.52. The van der Waals surface area contributed by atoms with E-state index >= 15 is 0 Å². The van der Waals surface area contributed by atoms with Crippen LogP contribution in [-0.4, -0.2) is 27.8 Å². The molecule has 0 bridgehead atoms. The first-order valence-corrected chi connectivity index (χ1v) is 8.20. The van der Waals surface area contributed by atoms with Gasteiger partial charge in [0.2, 0.25) is 0 Å². The normalized spacial score (nSPS) is 13.3. The molecule has 3 nitrogen and oxygen atoms in total. The smallest absolute Gasteiger partial charge is 0.236 e. The zero-order chi connectivity index (χ0) is 24.2. The molecule has 0 fully saturated rings. The average molecular weight is 500 g/mol. The molecular formula is C16H5Cl2F10N3. The summed E-state index contributed by atoms with van der Waals surface area (Å²) in [5.74, 6) is -12.5. The number of hydrogen-bond acceptors (Lipinski definition) is 2. The average Bonchev–Trinajstić information content (AvgIpc) is 3.02. The van der Waals surface area contributed by atoms with Gasteiger partial charge in [-0.3, -0.25) is 0 Å². The third-order valence-corrected chi connectivity index (χ3v) is 4.42. The van der Waals surface area contributed by atoms with Crippen LogP contribution in [0.2, 0.25) is 10.0 Å². The van der Waals surface area contributed by atoms with E-state index < -0.39 is 62.3 Å². The molecule has 15 heteroatoms. The molecule has 1 aromatic heterocycles. The van der Waals surface area contributed by atoms with Gasteiger partial charge >= 0.3 is 24.2 Å². The third kappa shape index (κ3) is 4.18. The molecule has 0 amide bonds. The highest BCUT2D eigenvalue weighted by molar-refractivity contribution is 6.37. The molecule has 0 aliphatic rings. The van der Waals surface area contributed by atoms with Gasteiger partial charge < -0.3 is 0 Å². The number of allylic oxidation sites excluding steroid dienone is 1. The van der Waals surface area contributed by atoms with Gasteiger partial charge in [0, 0.05) is 17.3 Å². The van der Waals surface area contributed by atoms with E-state index in [9.17, 15) is 43.9 Å². The Bertz CT molecular complexity index is 1050. The second kappa shape index (κ2) is 7.59. The van der Waals surface area contributed by atoms with Crippen molar-refractivity contribution in [3.05, 3.63) is 51.8 Å². The van der Waals surface area contributed by atoms with Gasteiger partial charge in [-0.15, -0.1) is 0 Å². The molecule has 31 heavy (non-hydrogen) atoms. The Morgan fingerprint density at radius 3 is 1.84 bits per heavy atom. The number of benzene rings is 1. The summed E-state index contributed by atoms with van der Waals surface area (Å²) in [6.45, 7) is 2.53. The monoisotopic (exact) mass is 499 g/mol. The molecule has 0 aliphatic heterocycles. The minimum atomic E-state index is -6.66. The minimum absolute atomic E-state index is 0.363. The first kappa shape index (κ1) is 24.8.